The molecule has 0 atom stereocenters. The molecule has 4 nitrogen and oxygen atoms in total. The van der Waals surface area contributed by atoms with Gasteiger partial charge < -0.3 is 0 Å². The van der Waals surface area contributed by atoms with E-state index in [2.05, 4.69) is 5.10 Å². The normalized spacial score (nSPS) is 11.8. The minimum atomic E-state index is -3.54. The summed E-state index contributed by atoms with van der Waals surface area (Å²) in [5.41, 5.74) is 0. The van der Waals surface area contributed by atoms with Gasteiger partial charge in [0.25, 0.3) is 10.0 Å². The first kappa shape index (κ1) is 9.70. The molecule has 0 fully saturated rings. The highest BCUT2D eigenvalue weighted by Gasteiger charge is 2.18. The van der Waals surface area contributed by atoms with Gasteiger partial charge in [-0.05, 0) is 18.2 Å². The van der Waals surface area contributed by atoms with Gasteiger partial charge in [0.05, 0.1) is 10.5 Å². The van der Waals surface area contributed by atoms with E-state index in [-0.39, 0.29) is 4.21 Å². The third-order valence-corrected chi connectivity index (χ3v) is 4.79. The van der Waals surface area contributed by atoms with Crippen LogP contribution in [-0.4, -0.2) is 17.6 Å². The molecule has 0 aromatic carbocycles. The van der Waals surface area contributed by atoms with Crippen LogP contribution in [0.3, 0.4) is 0 Å². The zero-order valence-electron chi connectivity index (χ0n) is 6.79. The Kier molecular flexibility index (Phi) is 2.34. The second-order valence-corrected chi connectivity index (χ2v) is 6.18. The molecule has 14 heavy (non-hydrogen) atoms. The van der Waals surface area contributed by atoms with Gasteiger partial charge in [0.1, 0.15) is 4.21 Å². The van der Waals surface area contributed by atoms with Crippen LogP contribution in [-0.2, 0) is 10.0 Å². The number of aromatic nitrogens is 2. The summed E-state index contributed by atoms with van der Waals surface area (Å²) in [4.78, 5) is 0. The molecule has 0 amide bonds. The Labute approximate surface area is 89.8 Å². The summed E-state index contributed by atoms with van der Waals surface area (Å²) in [5.74, 6) is 0. The van der Waals surface area contributed by atoms with Crippen LogP contribution in [0.25, 0.3) is 0 Å². The van der Waals surface area contributed by atoms with Gasteiger partial charge in [0.15, 0.2) is 0 Å². The largest absolute Gasteiger partial charge is 0.292 e. The number of halogens is 1. The summed E-state index contributed by atoms with van der Waals surface area (Å²) in [6.07, 6.45) is 2.79. The van der Waals surface area contributed by atoms with E-state index in [1.165, 1.54) is 18.5 Å². The Bertz CT molecular complexity index is 530. The van der Waals surface area contributed by atoms with Crippen molar-refractivity contribution in [1.29, 1.82) is 0 Å². The number of rotatable bonds is 2. The van der Waals surface area contributed by atoms with E-state index < -0.39 is 10.0 Å². The van der Waals surface area contributed by atoms with Gasteiger partial charge in [0, 0.05) is 6.20 Å². The first-order valence-electron chi connectivity index (χ1n) is 3.61. The van der Waals surface area contributed by atoms with Crippen LogP contribution in [0.4, 0.5) is 0 Å². The van der Waals surface area contributed by atoms with E-state index in [9.17, 15) is 8.42 Å². The van der Waals surface area contributed by atoms with E-state index in [1.54, 1.807) is 12.1 Å². The number of nitrogens with zero attached hydrogens (tertiary/aromatic N) is 2. The van der Waals surface area contributed by atoms with Gasteiger partial charge >= 0.3 is 0 Å². The molecule has 2 heterocycles. The lowest BCUT2D eigenvalue weighted by Gasteiger charge is -1.99. The second-order valence-electron chi connectivity index (χ2n) is 2.44. The lowest BCUT2D eigenvalue weighted by molar-refractivity contribution is 0.582. The van der Waals surface area contributed by atoms with Crippen LogP contribution in [0.15, 0.2) is 34.8 Å². The molecular formula is C7H5ClN2O2S2. The van der Waals surface area contributed by atoms with Gasteiger partial charge in [-0.2, -0.15) is 17.6 Å². The molecule has 0 radical (unpaired) electrons. The monoisotopic (exact) mass is 248 g/mol. The fraction of sp³-hybridized carbons (Fsp3) is 0. The van der Waals surface area contributed by atoms with Gasteiger partial charge in [-0.15, -0.1) is 11.3 Å². The molecule has 0 aliphatic heterocycles. The van der Waals surface area contributed by atoms with Crippen LogP contribution in [0.5, 0.6) is 0 Å². The highest BCUT2D eigenvalue weighted by Crippen LogP contribution is 2.26. The van der Waals surface area contributed by atoms with Crippen LogP contribution in [0, 0.1) is 0 Å². The average Bonchev–Trinajstić information content (AvgIpc) is 2.72. The molecule has 0 spiro atoms. The highest BCUT2D eigenvalue weighted by atomic mass is 35.5. The van der Waals surface area contributed by atoms with Crippen molar-refractivity contribution in [3.63, 3.8) is 0 Å². The Morgan fingerprint density at radius 3 is 2.71 bits per heavy atom. The molecule has 0 N–H and O–H groups in total. The highest BCUT2D eigenvalue weighted by molar-refractivity contribution is 7.92. The predicted octanol–water partition coefficient (Wildman–Crippen LogP) is 1.83. The zero-order valence-corrected chi connectivity index (χ0v) is 9.18. The SMILES string of the molecule is O=S(=O)(c1ccc(Cl)s1)n1cccn1. The fourth-order valence-electron chi connectivity index (χ4n) is 0.926. The van der Waals surface area contributed by atoms with Crippen LogP contribution in [0.2, 0.25) is 4.34 Å². The summed E-state index contributed by atoms with van der Waals surface area (Å²) in [6.45, 7) is 0. The predicted molar refractivity (Wildman–Crippen MR) is 54.1 cm³/mol. The zero-order chi connectivity index (χ0) is 10.2. The molecular weight excluding hydrogens is 244 g/mol. The van der Waals surface area contributed by atoms with E-state index in [0.717, 1.165) is 15.4 Å². The molecule has 0 aliphatic rings. The molecule has 0 saturated heterocycles. The van der Waals surface area contributed by atoms with Gasteiger partial charge in [-0.1, -0.05) is 11.6 Å². The fourth-order valence-corrected chi connectivity index (χ4v) is 3.59. The molecule has 2 aromatic heterocycles. The van der Waals surface area contributed by atoms with Crippen LogP contribution < -0.4 is 0 Å². The summed E-state index contributed by atoms with van der Waals surface area (Å²) in [6, 6.07) is 4.55. The maximum atomic E-state index is 11.8. The van der Waals surface area contributed by atoms with Crippen LogP contribution >= 0.6 is 22.9 Å². The molecule has 7 heteroatoms. The number of hydrogen-bond donors (Lipinski definition) is 0. The van der Waals surface area contributed by atoms with Gasteiger partial charge in [-0.3, -0.25) is 0 Å². The van der Waals surface area contributed by atoms with Crippen molar-refractivity contribution in [3.8, 4) is 0 Å². The van der Waals surface area contributed by atoms with E-state index in [0.29, 0.717) is 4.34 Å². The summed E-state index contributed by atoms with van der Waals surface area (Å²) in [7, 11) is -3.54. The summed E-state index contributed by atoms with van der Waals surface area (Å²) < 4.78 is 25.1. The average molecular weight is 249 g/mol. The van der Waals surface area contributed by atoms with Crippen molar-refractivity contribution in [2.75, 3.05) is 0 Å². The van der Waals surface area contributed by atoms with Gasteiger partial charge in [0.2, 0.25) is 0 Å². The van der Waals surface area contributed by atoms with Crippen molar-refractivity contribution >= 4 is 33.0 Å². The van der Waals surface area contributed by atoms with Crippen molar-refractivity contribution in [2.45, 2.75) is 4.21 Å². The molecule has 0 saturated carbocycles. The Hall–Kier alpha value is -0.850. The maximum absolute atomic E-state index is 11.8. The first-order chi connectivity index (χ1) is 6.60. The van der Waals surface area contributed by atoms with E-state index >= 15 is 0 Å². The standard InChI is InChI=1S/C7H5ClN2O2S2/c8-6-2-3-7(13-6)14(11,12)10-5-1-4-9-10/h1-5H. The minimum absolute atomic E-state index is 0.186. The first-order valence-corrected chi connectivity index (χ1v) is 6.25. The topological polar surface area (TPSA) is 52.0 Å². The van der Waals surface area contributed by atoms with Crippen molar-refractivity contribution in [3.05, 3.63) is 34.9 Å². The Morgan fingerprint density at radius 2 is 2.21 bits per heavy atom. The second kappa shape index (κ2) is 3.38. The molecule has 2 rings (SSSR count). The molecule has 74 valence electrons. The smallest absolute Gasteiger partial charge is 0.198 e. The van der Waals surface area contributed by atoms with Crippen LogP contribution in [0.1, 0.15) is 0 Å². The molecule has 0 bridgehead atoms. The third kappa shape index (κ3) is 1.56. The lowest BCUT2D eigenvalue weighted by Crippen LogP contribution is -2.11. The summed E-state index contributed by atoms with van der Waals surface area (Å²) in [5, 5.41) is 3.67. The molecule has 0 unspecified atom stereocenters. The van der Waals surface area contributed by atoms with E-state index in [1.807, 2.05) is 0 Å². The van der Waals surface area contributed by atoms with E-state index in [4.69, 9.17) is 11.6 Å². The molecule has 2 aromatic rings. The number of thiophene rings is 1. The third-order valence-electron chi connectivity index (χ3n) is 1.53. The van der Waals surface area contributed by atoms with Gasteiger partial charge in [-0.25, -0.2) is 0 Å². The van der Waals surface area contributed by atoms with Crippen molar-refractivity contribution in [2.24, 2.45) is 0 Å². The number of hydrogen-bond acceptors (Lipinski definition) is 4. The Balaban J connectivity index is 2.54. The lowest BCUT2D eigenvalue weighted by atomic mass is 10.7. The summed E-state index contributed by atoms with van der Waals surface area (Å²) >= 11 is 6.66. The maximum Gasteiger partial charge on any atom is 0.292 e. The minimum Gasteiger partial charge on any atom is -0.198 e. The van der Waals surface area contributed by atoms with Crippen molar-refractivity contribution in [1.82, 2.24) is 9.19 Å². The Morgan fingerprint density at radius 1 is 1.43 bits per heavy atom. The quantitative estimate of drug-likeness (QED) is 0.815. The van der Waals surface area contributed by atoms with Crippen molar-refractivity contribution < 1.29 is 8.42 Å². The molecule has 0 aliphatic carbocycles.